The van der Waals surface area contributed by atoms with Crippen LogP contribution >= 0.6 is 0 Å². The molecule has 0 heterocycles. The highest BCUT2D eigenvalue weighted by atomic mass is 32.2. The Balaban J connectivity index is 1.73. The quantitative estimate of drug-likeness (QED) is 0.479. The molecule has 1 atom stereocenters. The molecule has 0 aliphatic rings. The Labute approximate surface area is 156 Å². The summed E-state index contributed by atoms with van der Waals surface area (Å²) in [6.07, 6.45) is -0.738. The molecular formula is C19H18N2O5S. The number of nitrogens with one attached hydrogen (secondary N) is 1. The lowest BCUT2D eigenvalue weighted by molar-refractivity contribution is -0.387. The van der Waals surface area contributed by atoms with Gasteiger partial charge in [-0.2, -0.15) is 0 Å². The molecule has 2 N–H and O–H groups in total. The van der Waals surface area contributed by atoms with Crippen molar-refractivity contribution >= 4 is 26.5 Å². The minimum atomic E-state index is -4.06. The smallest absolute Gasteiger partial charge is 0.289 e. The topological polar surface area (TPSA) is 110 Å². The SMILES string of the molecule is O=[N+]([O-])c1ccccc1S(=O)(=O)NCCC(O)c1cccc2ccccc12. The Morgan fingerprint density at radius 3 is 2.44 bits per heavy atom. The molecule has 0 amide bonds. The fourth-order valence-corrected chi connectivity index (χ4v) is 4.16. The van der Waals surface area contributed by atoms with E-state index in [1.807, 2.05) is 36.4 Å². The first-order valence-corrected chi connectivity index (χ1v) is 9.77. The van der Waals surface area contributed by atoms with Crippen LogP contribution in [0.3, 0.4) is 0 Å². The number of para-hydroxylation sites is 1. The Morgan fingerprint density at radius 1 is 1.00 bits per heavy atom. The monoisotopic (exact) mass is 386 g/mol. The number of nitro groups is 1. The number of fused-ring (bicyclic) bond motifs is 1. The van der Waals surface area contributed by atoms with Crippen LogP contribution in [0.5, 0.6) is 0 Å². The zero-order valence-electron chi connectivity index (χ0n) is 14.3. The Hall–Kier alpha value is -2.81. The Kier molecular flexibility index (Phi) is 5.50. The van der Waals surface area contributed by atoms with Gasteiger partial charge in [-0.1, -0.05) is 54.6 Å². The van der Waals surface area contributed by atoms with Crippen LogP contribution in [0.2, 0.25) is 0 Å². The number of rotatable bonds is 7. The van der Waals surface area contributed by atoms with Crippen molar-refractivity contribution in [3.63, 3.8) is 0 Å². The predicted molar refractivity (Wildman–Crippen MR) is 102 cm³/mol. The molecule has 3 aromatic carbocycles. The highest BCUT2D eigenvalue weighted by Gasteiger charge is 2.25. The highest BCUT2D eigenvalue weighted by molar-refractivity contribution is 7.89. The number of nitro benzene ring substituents is 1. The van der Waals surface area contributed by atoms with Crippen LogP contribution in [0.15, 0.2) is 71.6 Å². The van der Waals surface area contributed by atoms with Crippen LogP contribution < -0.4 is 4.72 Å². The van der Waals surface area contributed by atoms with E-state index < -0.39 is 31.6 Å². The summed E-state index contributed by atoms with van der Waals surface area (Å²) in [5, 5.41) is 23.4. The van der Waals surface area contributed by atoms with Crippen LogP contribution in [0.25, 0.3) is 10.8 Å². The summed E-state index contributed by atoms with van der Waals surface area (Å²) < 4.78 is 27.1. The second kappa shape index (κ2) is 7.83. The number of aliphatic hydroxyl groups is 1. The summed E-state index contributed by atoms with van der Waals surface area (Å²) in [5.74, 6) is 0. The molecule has 1 unspecified atom stereocenters. The zero-order chi connectivity index (χ0) is 19.4. The van der Waals surface area contributed by atoms with Crippen molar-refractivity contribution in [3.8, 4) is 0 Å². The second-order valence-electron chi connectivity index (χ2n) is 6.00. The average molecular weight is 386 g/mol. The third-order valence-corrected chi connectivity index (χ3v) is 5.75. The van der Waals surface area contributed by atoms with Gasteiger partial charge in [-0.3, -0.25) is 10.1 Å². The summed E-state index contributed by atoms with van der Waals surface area (Å²) in [6, 6.07) is 18.3. The molecule has 0 saturated heterocycles. The van der Waals surface area contributed by atoms with Crippen LogP contribution in [-0.4, -0.2) is 25.0 Å². The van der Waals surface area contributed by atoms with E-state index in [0.717, 1.165) is 16.8 Å². The molecule has 0 bridgehead atoms. The molecule has 0 saturated carbocycles. The highest BCUT2D eigenvalue weighted by Crippen LogP contribution is 2.26. The van der Waals surface area contributed by atoms with Crippen LogP contribution in [0.1, 0.15) is 18.1 Å². The minimum absolute atomic E-state index is 0.0568. The molecule has 8 heteroatoms. The number of hydrogen-bond donors (Lipinski definition) is 2. The molecule has 0 spiro atoms. The van der Waals surface area contributed by atoms with Gasteiger partial charge in [-0.05, 0) is 28.8 Å². The van der Waals surface area contributed by atoms with Gasteiger partial charge in [0.05, 0.1) is 11.0 Å². The van der Waals surface area contributed by atoms with Gasteiger partial charge in [0.2, 0.25) is 10.0 Å². The molecule has 140 valence electrons. The van der Waals surface area contributed by atoms with E-state index in [9.17, 15) is 23.6 Å². The third kappa shape index (κ3) is 4.13. The molecule has 0 aliphatic heterocycles. The van der Waals surface area contributed by atoms with Gasteiger partial charge in [0.15, 0.2) is 4.90 Å². The predicted octanol–water partition coefficient (Wildman–Crippen LogP) is 3.15. The summed E-state index contributed by atoms with van der Waals surface area (Å²) in [5.41, 5.74) is 0.220. The fraction of sp³-hybridized carbons (Fsp3) is 0.158. The first-order chi connectivity index (χ1) is 12.9. The van der Waals surface area contributed by atoms with Crippen LogP contribution in [0, 0.1) is 10.1 Å². The summed E-state index contributed by atoms with van der Waals surface area (Å²) in [4.78, 5) is 9.90. The number of aliphatic hydroxyl groups excluding tert-OH is 1. The molecule has 0 radical (unpaired) electrons. The standard InChI is InChI=1S/C19H18N2O5S/c22-18(16-9-5-7-14-6-1-2-8-15(14)16)12-13-20-27(25,26)19-11-4-3-10-17(19)21(23)24/h1-11,18,20,22H,12-13H2. The van der Waals surface area contributed by atoms with E-state index in [0.29, 0.717) is 5.56 Å². The average Bonchev–Trinajstić information content (AvgIpc) is 2.67. The first kappa shape index (κ1) is 19.0. The third-order valence-electron chi connectivity index (χ3n) is 4.24. The van der Waals surface area contributed by atoms with E-state index >= 15 is 0 Å². The fourth-order valence-electron chi connectivity index (χ4n) is 2.94. The van der Waals surface area contributed by atoms with Crippen molar-refractivity contribution in [2.45, 2.75) is 17.4 Å². The van der Waals surface area contributed by atoms with E-state index in [1.165, 1.54) is 18.2 Å². The van der Waals surface area contributed by atoms with Gasteiger partial charge in [0.25, 0.3) is 5.69 Å². The molecular weight excluding hydrogens is 368 g/mol. The van der Waals surface area contributed by atoms with Crippen LogP contribution in [-0.2, 0) is 10.0 Å². The second-order valence-corrected chi connectivity index (χ2v) is 7.73. The van der Waals surface area contributed by atoms with Crippen molar-refractivity contribution in [2.24, 2.45) is 0 Å². The van der Waals surface area contributed by atoms with Crippen molar-refractivity contribution in [3.05, 3.63) is 82.4 Å². The van der Waals surface area contributed by atoms with Gasteiger partial charge < -0.3 is 5.11 Å². The number of nitrogens with zero attached hydrogens (tertiary/aromatic N) is 1. The van der Waals surface area contributed by atoms with Crippen molar-refractivity contribution in [1.29, 1.82) is 0 Å². The van der Waals surface area contributed by atoms with Gasteiger partial charge in [0, 0.05) is 12.6 Å². The largest absolute Gasteiger partial charge is 0.388 e. The van der Waals surface area contributed by atoms with Crippen molar-refractivity contribution < 1.29 is 18.4 Å². The Morgan fingerprint density at radius 2 is 1.67 bits per heavy atom. The zero-order valence-corrected chi connectivity index (χ0v) is 15.1. The molecule has 27 heavy (non-hydrogen) atoms. The van der Waals surface area contributed by atoms with Gasteiger partial charge in [-0.15, -0.1) is 0 Å². The molecule has 3 rings (SSSR count). The van der Waals surface area contributed by atoms with Crippen molar-refractivity contribution in [2.75, 3.05) is 6.54 Å². The number of benzene rings is 3. The molecule has 0 aromatic heterocycles. The molecule has 7 nitrogen and oxygen atoms in total. The normalized spacial score (nSPS) is 12.8. The lowest BCUT2D eigenvalue weighted by Gasteiger charge is -2.14. The maximum absolute atomic E-state index is 12.4. The summed E-state index contributed by atoms with van der Waals surface area (Å²) in [6.45, 7) is -0.0568. The van der Waals surface area contributed by atoms with E-state index in [2.05, 4.69) is 4.72 Å². The lowest BCUT2D eigenvalue weighted by atomic mass is 9.99. The maximum Gasteiger partial charge on any atom is 0.289 e. The van der Waals surface area contributed by atoms with E-state index in [1.54, 1.807) is 6.07 Å². The van der Waals surface area contributed by atoms with Gasteiger partial charge in [-0.25, -0.2) is 13.1 Å². The van der Waals surface area contributed by atoms with Crippen molar-refractivity contribution in [1.82, 2.24) is 4.72 Å². The molecule has 3 aromatic rings. The van der Waals surface area contributed by atoms with E-state index in [-0.39, 0.29) is 13.0 Å². The number of sulfonamides is 1. The van der Waals surface area contributed by atoms with Crippen LogP contribution in [0.4, 0.5) is 5.69 Å². The molecule has 0 aliphatic carbocycles. The van der Waals surface area contributed by atoms with E-state index in [4.69, 9.17) is 0 Å². The lowest BCUT2D eigenvalue weighted by Crippen LogP contribution is -2.26. The Bertz CT molecular complexity index is 1080. The molecule has 0 fully saturated rings. The maximum atomic E-state index is 12.4. The summed E-state index contributed by atoms with van der Waals surface area (Å²) in [7, 11) is -4.06. The van der Waals surface area contributed by atoms with Gasteiger partial charge in [0.1, 0.15) is 0 Å². The first-order valence-electron chi connectivity index (χ1n) is 8.29. The minimum Gasteiger partial charge on any atom is -0.388 e. The number of hydrogen-bond acceptors (Lipinski definition) is 5. The summed E-state index contributed by atoms with van der Waals surface area (Å²) >= 11 is 0. The van der Waals surface area contributed by atoms with Gasteiger partial charge >= 0.3 is 0 Å².